The van der Waals surface area contributed by atoms with Crippen LogP contribution in [-0.2, 0) is 4.79 Å². The molecule has 4 nitrogen and oxygen atoms in total. The summed E-state index contributed by atoms with van der Waals surface area (Å²) >= 11 is 0. The molecule has 4 heteroatoms. The number of nitrogens with one attached hydrogen (secondary N) is 1. The van der Waals surface area contributed by atoms with Gasteiger partial charge in [-0.2, -0.15) is 0 Å². The van der Waals surface area contributed by atoms with E-state index in [1.165, 1.54) is 51.5 Å². The number of allylic oxidation sites excluding steroid dienone is 1. The van der Waals surface area contributed by atoms with Crippen LogP contribution in [0.1, 0.15) is 57.8 Å². The lowest BCUT2D eigenvalue weighted by Gasteiger charge is -2.51. The van der Waals surface area contributed by atoms with Crippen LogP contribution < -0.4 is 10.2 Å². The number of likely N-dealkylation sites (tertiary alicyclic amines) is 1. The van der Waals surface area contributed by atoms with Crippen LogP contribution in [0.5, 0.6) is 0 Å². The maximum absolute atomic E-state index is 12.5. The monoisotopic (exact) mass is 395 g/mol. The van der Waals surface area contributed by atoms with E-state index in [0.29, 0.717) is 12.5 Å². The minimum Gasteiger partial charge on any atom is -0.339 e. The van der Waals surface area contributed by atoms with E-state index in [2.05, 4.69) is 46.0 Å². The van der Waals surface area contributed by atoms with Gasteiger partial charge in [-0.05, 0) is 37.3 Å². The van der Waals surface area contributed by atoms with E-state index in [9.17, 15) is 4.79 Å². The predicted octanol–water partition coefficient (Wildman–Crippen LogP) is 4.58. The van der Waals surface area contributed by atoms with Crippen LogP contribution >= 0.6 is 0 Å². The summed E-state index contributed by atoms with van der Waals surface area (Å²) in [6, 6.07) is 10.4. The van der Waals surface area contributed by atoms with E-state index in [4.69, 9.17) is 0 Å². The van der Waals surface area contributed by atoms with Crippen molar-refractivity contribution >= 4 is 11.6 Å². The smallest absolute Gasteiger partial charge is 0.241 e. The SMILES string of the molecule is C=CCC1CN(CC2CCCCCCC2)CCC12NC(=O)CN2c1ccccc1. The van der Waals surface area contributed by atoms with Crippen molar-refractivity contribution in [3.8, 4) is 0 Å². The Hall–Kier alpha value is -1.81. The molecule has 2 saturated heterocycles. The van der Waals surface area contributed by atoms with E-state index in [1.54, 1.807) is 0 Å². The molecule has 0 radical (unpaired) electrons. The second-order valence-corrected chi connectivity index (χ2v) is 9.34. The van der Waals surface area contributed by atoms with Crippen molar-refractivity contribution < 1.29 is 4.79 Å². The summed E-state index contributed by atoms with van der Waals surface area (Å²) in [6.45, 7) is 7.83. The summed E-state index contributed by atoms with van der Waals surface area (Å²) in [5.74, 6) is 1.36. The van der Waals surface area contributed by atoms with Gasteiger partial charge in [-0.1, -0.05) is 56.4 Å². The van der Waals surface area contributed by atoms with Crippen LogP contribution in [0.4, 0.5) is 5.69 Å². The van der Waals surface area contributed by atoms with Crippen molar-refractivity contribution in [2.45, 2.75) is 63.5 Å². The fourth-order valence-corrected chi connectivity index (χ4v) is 5.89. The van der Waals surface area contributed by atoms with Crippen LogP contribution in [0.25, 0.3) is 0 Å². The highest BCUT2D eigenvalue weighted by molar-refractivity contribution is 5.87. The third-order valence-electron chi connectivity index (χ3n) is 7.36. The van der Waals surface area contributed by atoms with Gasteiger partial charge in [0.15, 0.2) is 0 Å². The molecule has 2 unspecified atom stereocenters. The minimum absolute atomic E-state index is 0.149. The number of carbonyl (C=O) groups is 1. The Bertz CT molecular complexity index is 683. The highest BCUT2D eigenvalue weighted by atomic mass is 16.2. The quantitative estimate of drug-likeness (QED) is 0.742. The molecule has 1 aliphatic carbocycles. The second kappa shape index (κ2) is 9.34. The van der Waals surface area contributed by atoms with Gasteiger partial charge >= 0.3 is 0 Å². The summed E-state index contributed by atoms with van der Waals surface area (Å²) in [5, 5.41) is 3.41. The molecule has 3 aliphatic rings. The summed E-state index contributed by atoms with van der Waals surface area (Å²) < 4.78 is 0. The van der Waals surface area contributed by atoms with E-state index >= 15 is 0 Å². The molecule has 0 bridgehead atoms. The first-order chi connectivity index (χ1) is 14.2. The number of hydrogen-bond donors (Lipinski definition) is 1. The van der Waals surface area contributed by atoms with Crippen molar-refractivity contribution in [3.63, 3.8) is 0 Å². The first-order valence-electron chi connectivity index (χ1n) is 11.7. The molecule has 1 amide bonds. The summed E-state index contributed by atoms with van der Waals surface area (Å²) in [4.78, 5) is 17.5. The lowest BCUT2D eigenvalue weighted by molar-refractivity contribution is -0.119. The molecule has 2 atom stereocenters. The number of amides is 1. The molecule has 3 fully saturated rings. The van der Waals surface area contributed by atoms with Gasteiger partial charge in [-0.25, -0.2) is 0 Å². The average molecular weight is 396 g/mol. The Kier molecular flexibility index (Phi) is 6.59. The number of hydrogen-bond acceptors (Lipinski definition) is 3. The average Bonchev–Trinajstić information content (AvgIpc) is 3.04. The molecule has 1 aromatic carbocycles. The van der Waals surface area contributed by atoms with Crippen molar-refractivity contribution in [3.05, 3.63) is 43.0 Å². The van der Waals surface area contributed by atoms with Gasteiger partial charge in [-0.3, -0.25) is 4.79 Å². The van der Waals surface area contributed by atoms with Crippen LogP contribution in [0.15, 0.2) is 43.0 Å². The number of para-hydroxylation sites is 1. The van der Waals surface area contributed by atoms with E-state index in [0.717, 1.165) is 37.5 Å². The molecule has 158 valence electrons. The van der Waals surface area contributed by atoms with Gasteiger partial charge in [0.05, 0.1) is 6.54 Å². The predicted molar refractivity (Wildman–Crippen MR) is 120 cm³/mol. The molecular formula is C25H37N3O. The van der Waals surface area contributed by atoms with Gasteiger partial charge in [0.1, 0.15) is 5.66 Å². The first kappa shape index (κ1) is 20.5. The molecule has 2 aliphatic heterocycles. The zero-order chi connectivity index (χ0) is 20.1. The molecule has 2 heterocycles. The van der Waals surface area contributed by atoms with Gasteiger partial charge in [0.2, 0.25) is 5.91 Å². The molecule has 1 N–H and O–H groups in total. The topological polar surface area (TPSA) is 35.6 Å². The van der Waals surface area contributed by atoms with E-state index < -0.39 is 0 Å². The summed E-state index contributed by atoms with van der Waals surface area (Å²) in [5.41, 5.74) is 0.873. The number of nitrogens with zero attached hydrogens (tertiary/aromatic N) is 2. The largest absolute Gasteiger partial charge is 0.339 e. The maximum Gasteiger partial charge on any atom is 0.241 e. The Morgan fingerprint density at radius 3 is 2.55 bits per heavy atom. The Morgan fingerprint density at radius 1 is 1.10 bits per heavy atom. The third kappa shape index (κ3) is 4.53. The fourth-order valence-electron chi connectivity index (χ4n) is 5.89. The number of carbonyl (C=O) groups excluding carboxylic acids is 1. The maximum atomic E-state index is 12.5. The molecule has 0 aromatic heterocycles. The molecule has 29 heavy (non-hydrogen) atoms. The lowest BCUT2D eigenvalue weighted by atomic mass is 9.81. The Labute approximate surface area is 176 Å². The van der Waals surface area contributed by atoms with E-state index in [-0.39, 0.29) is 11.6 Å². The number of anilines is 1. The van der Waals surface area contributed by atoms with Crippen LogP contribution in [-0.4, -0.2) is 42.6 Å². The fraction of sp³-hybridized carbons (Fsp3) is 0.640. The van der Waals surface area contributed by atoms with Crippen LogP contribution in [0.3, 0.4) is 0 Å². The minimum atomic E-state index is -0.274. The molecule has 4 rings (SSSR count). The van der Waals surface area contributed by atoms with Gasteiger partial charge in [-0.15, -0.1) is 6.58 Å². The van der Waals surface area contributed by atoms with Crippen LogP contribution in [0, 0.1) is 11.8 Å². The first-order valence-corrected chi connectivity index (χ1v) is 11.7. The van der Waals surface area contributed by atoms with Crippen molar-refractivity contribution in [2.24, 2.45) is 11.8 Å². The highest BCUT2D eigenvalue weighted by Crippen LogP contribution is 2.40. The highest BCUT2D eigenvalue weighted by Gasteiger charge is 2.52. The molecule has 1 spiro atoms. The summed E-state index contributed by atoms with van der Waals surface area (Å²) in [7, 11) is 0. The van der Waals surface area contributed by atoms with Crippen LogP contribution in [0.2, 0.25) is 0 Å². The summed E-state index contributed by atoms with van der Waals surface area (Å²) in [6.07, 6.45) is 13.8. The normalized spacial score (nSPS) is 29.4. The van der Waals surface area contributed by atoms with Gasteiger partial charge in [0, 0.05) is 37.7 Å². The Morgan fingerprint density at radius 2 is 1.83 bits per heavy atom. The zero-order valence-electron chi connectivity index (χ0n) is 17.8. The van der Waals surface area contributed by atoms with Crippen molar-refractivity contribution in [1.29, 1.82) is 0 Å². The molecule has 1 aromatic rings. The number of rotatable bonds is 5. The Balaban J connectivity index is 1.50. The van der Waals surface area contributed by atoms with Crippen molar-refractivity contribution in [1.82, 2.24) is 10.2 Å². The second-order valence-electron chi connectivity index (χ2n) is 9.34. The standard InChI is InChI=1S/C25H37N3O/c1-2-11-22-19-27(18-21-12-7-4-3-5-8-13-21)17-16-25(22)26-24(29)20-28(25)23-14-9-6-10-15-23/h2,6,9-10,14-15,21-22H,1,3-5,7-8,11-13,16-20H2,(H,26,29). The van der Waals surface area contributed by atoms with E-state index in [1.807, 2.05) is 12.1 Å². The van der Waals surface area contributed by atoms with Crippen molar-refractivity contribution in [2.75, 3.05) is 31.1 Å². The number of piperidine rings is 1. The molecular weight excluding hydrogens is 358 g/mol. The van der Waals surface area contributed by atoms with Gasteiger partial charge < -0.3 is 15.1 Å². The number of benzene rings is 1. The molecule has 1 saturated carbocycles. The lowest BCUT2D eigenvalue weighted by Crippen LogP contribution is -2.64. The zero-order valence-corrected chi connectivity index (χ0v) is 17.8. The van der Waals surface area contributed by atoms with Gasteiger partial charge in [0.25, 0.3) is 0 Å². The third-order valence-corrected chi connectivity index (χ3v) is 7.36.